The van der Waals surface area contributed by atoms with E-state index in [0.29, 0.717) is 0 Å². The minimum atomic E-state index is -3.02. The van der Waals surface area contributed by atoms with Crippen LogP contribution in [0, 0.1) is 0 Å². The van der Waals surface area contributed by atoms with Gasteiger partial charge < -0.3 is 110 Å². The molecule has 5 aliphatic rings. The molecule has 21 atom stereocenters. The van der Waals surface area contributed by atoms with Crippen molar-refractivity contribution < 1.29 is 171 Å². The summed E-state index contributed by atoms with van der Waals surface area (Å²) in [6.07, 6.45) is -37.0. The summed E-state index contributed by atoms with van der Waals surface area (Å²) < 4.78 is 123. The van der Waals surface area contributed by atoms with Crippen molar-refractivity contribution in [2.24, 2.45) is 0 Å². The molecule has 0 bridgehead atoms. The molecule has 1 unspecified atom stereocenters. The van der Waals surface area contributed by atoms with E-state index in [9.17, 15) is 67.1 Å². The number of fused-ring (bicyclic) bond motifs is 1. The van der Waals surface area contributed by atoms with Gasteiger partial charge in [0.1, 0.15) is 87.9 Å². The van der Waals surface area contributed by atoms with Crippen LogP contribution in [0.2, 0.25) is 0 Å². The lowest BCUT2D eigenvalue weighted by molar-refractivity contribution is -0.407. The van der Waals surface area contributed by atoms with Gasteiger partial charge in [-0.1, -0.05) is 12.7 Å². The molecule has 0 saturated carbocycles. The van der Waals surface area contributed by atoms with Crippen LogP contribution >= 0.6 is 0 Å². The first-order valence-electron chi connectivity index (χ1n) is 29.1. The van der Waals surface area contributed by atoms with Crippen molar-refractivity contribution in [2.75, 3.05) is 33.0 Å². The summed E-state index contributed by atoms with van der Waals surface area (Å²) in [5.74, 6) is -18.0. The van der Waals surface area contributed by atoms with Crippen molar-refractivity contribution in [3.8, 4) is 0 Å². The van der Waals surface area contributed by atoms with E-state index in [2.05, 4.69) is 17.2 Å². The fourth-order valence-corrected chi connectivity index (χ4v) is 10.6. The fourth-order valence-electron chi connectivity index (χ4n) is 10.6. The van der Waals surface area contributed by atoms with Crippen LogP contribution in [0.1, 0.15) is 96.4 Å². The smallest absolute Gasteiger partial charge is 0.407 e. The zero-order valence-corrected chi connectivity index (χ0v) is 53.8. The highest BCUT2D eigenvalue weighted by molar-refractivity contribution is 5.80. The molecule has 5 fully saturated rings. The number of rotatable bonds is 26. The van der Waals surface area contributed by atoms with Crippen molar-refractivity contribution in [2.45, 2.75) is 225 Å². The highest BCUT2D eigenvalue weighted by Gasteiger charge is 2.68. The summed E-state index contributed by atoms with van der Waals surface area (Å²) in [7, 11) is 0. The predicted octanol–water partition coefficient (Wildman–Crippen LogP) is -2.15. The Bertz CT molecular complexity index is 2880. The van der Waals surface area contributed by atoms with Gasteiger partial charge in [-0.15, -0.1) is 0 Å². The maximum Gasteiger partial charge on any atom is 0.407 e. The Morgan fingerprint density at radius 2 is 0.947 bits per heavy atom. The second-order valence-corrected chi connectivity index (χ2v) is 21.6. The minimum absolute atomic E-state index is 0.492. The van der Waals surface area contributed by atoms with Crippen molar-refractivity contribution >= 4 is 89.6 Å². The van der Waals surface area contributed by atoms with Gasteiger partial charge in [0.05, 0.1) is 12.5 Å². The van der Waals surface area contributed by atoms with Crippen LogP contribution in [0.15, 0.2) is 12.7 Å². The number of carbonyl (C=O) groups is 15. The Hall–Kier alpha value is -8.69. The minimum Gasteiger partial charge on any atom is -0.463 e. The van der Waals surface area contributed by atoms with E-state index in [-0.39, 0.29) is 0 Å². The molecule has 38 heteroatoms. The van der Waals surface area contributed by atoms with E-state index in [1.807, 2.05) is 0 Å². The molecule has 95 heavy (non-hydrogen) atoms. The molecule has 5 rings (SSSR count). The van der Waals surface area contributed by atoms with Crippen LogP contribution in [0.25, 0.3) is 0 Å². The molecular weight excluding hydrogens is 1290 g/mol. The Balaban J connectivity index is 1.78. The van der Waals surface area contributed by atoms with Gasteiger partial charge in [-0.2, -0.15) is 0 Å². The SMILES string of the molecule is C=CCOC(=O)N[C@H]1[C@H](O[C@H]2[C@@H](OC(C)=O)[C@@H](COC(C)=O)O[C@@H](OC(C)=O)[C@@H]2OC(C)=O)O[C@H](COC(C)=O)[C@@H](O[C@@H]2O[C@H](COC(C)=O)[C@H](OC(C)=O)[C@@H]3O[C@@]4(C[C@H](OC(C)=O)[C@@H](NC(C)=O)C([C@@H](OC(C)=O)[C@H](COC(C)=O)OC(C)=O)O4)C(=O)O[C@@H]23)[C@@H]1OC(C)=O. The normalized spacial score (nSPS) is 31.3. The number of ether oxygens (including phenoxy) is 21. The molecule has 0 aromatic rings. The Labute approximate surface area is 540 Å². The largest absolute Gasteiger partial charge is 0.463 e. The van der Waals surface area contributed by atoms with E-state index < -0.39 is 257 Å². The molecule has 0 aliphatic carbocycles. The van der Waals surface area contributed by atoms with Crippen molar-refractivity contribution in [1.29, 1.82) is 0 Å². The van der Waals surface area contributed by atoms with Gasteiger partial charge in [0.2, 0.25) is 12.2 Å². The number of amides is 2. The van der Waals surface area contributed by atoms with Crippen LogP contribution in [0.4, 0.5) is 4.79 Å². The highest BCUT2D eigenvalue weighted by Crippen LogP contribution is 2.45. The first-order chi connectivity index (χ1) is 44.5. The lowest BCUT2D eigenvalue weighted by Gasteiger charge is -2.55. The van der Waals surface area contributed by atoms with Crippen LogP contribution in [0.3, 0.4) is 0 Å². The molecule has 2 N–H and O–H groups in total. The standard InChI is InChI=1S/C57H76N2O36/c1-15-16-75-56(74)59-41-46(85-32(12)70)42(37(19-77-24(4)62)88-52(41)92-48-44(83-30(10)68)38(20-78-25(5)63)89-53(87-34(14)72)50(48)86-33(13)71)91-54-51-49(45(84-31(11)69)39(90-54)21-79-26(6)64)95-57(55(73)93-51)17-35(80-27(7)65)40(58-22(2)60)47(94-57)43(82-29(9)67)36(81-28(8)66)18-76-23(3)61/h15,35-54H,1,16-21H2,2-14H3,(H,58,60)(H,59,74)/t35-,36-,37+,38+,39+,40+,41+,42+,43-,44-,45-,46+,47?,48-,49-,50+,51+,52-,53+,54-,57-/m0/s1. The molecular formula is C57H76N2O36. The van der Waals surface area contributed by atoms with Gasteiger partial charge in [0, 0.05) is 90.0 Å². The summed E-state index contributed by atoms with van der Waals surface area (Å²) in [5.41, 5.74) is 0. The van der Waals surface area contributed by atoms with E-state index in [4.69, 9.17) is 99.5 Å². The number of nitrogens with one attached hydrogen (secondary N) is 2. The Morgan fingerprint density at radius 1 is 0.474 bits per heavy atom. The first kappa shape index (κ1) is 77.0. The van der Waals surface area contributed by atoms with Gasteiger partial charge in [0.15, 0.2) is 55.3 Å². The third-order valence-corrected chi connectivity index (χ3v) is 13.8. The molecule has 0 aromatic heterocycles. The van der Waals surface area contributed by atoms with Crippen molar-refractivity contribution in [3.63, 3.8) is 0 Å². The zero-order chi connectivity index (χ0) is 70.9. The number of hydrogen-bond acceptors (Lipinski definition) is 36. The molecule has 2 amide bonds. The van der Waals surface area contributed by atoms with Crippen LogP contribution in [0.5, 0.6) is 0 Å². The number of hydrogen-bond donors (Lipinski definition) is 2. The second-order valence-electron chi connectivity index (χ2n) is 21.6. The lowest BCUT2D eigenvalue weighted by Crippen LogP contribution is -2.75. The fraction of sp³-hybridized carbons (Fsp3) is 0.702. The third-order valence-electron chi connectivity index (χ3n) is 13.8. The zero-order valence-electron chi connectivity index (χ0n) is 53.8. The third kappa shape index (κ3) is 21.9. The Morgan fingerprint density at radius 3 is 1.45 bits per heavy atom. The van der Waals surface area contributed by atoms with Gasteiger partial charge in [-0.05, 0) is 0 Å². The molecule has 38 nitrogen and oxygen atoms in total. The average molecular weight is 1370 g/mol. The van der Waals surface area contributed by atoms with Crippen molar-refractivity contribution in [3.05, 3.63) is 12.7 Å². The van der Waals surface area contributed by atoms with Crippen LogP contribution < -0.4 is 10.6 Å². The summed E-state index contributed by atoms with van der Waals surface area (Å²) in [6.45, 7) is 11.8. The van der Waals surface area contributed by atoms with E-state index >= 15 is 4.79 Å². The number of carbonyl (C=O) groups excluding carboxylic acids is 15. The van der Waals surface area contributed by atoms with Gasteiger partial charge in [-0.3, -0.25) is 62.3 Å². The summed E-state index contributed by atoms with van der Waals surface area (Å²) in [5, 5.41) is 4.92. The second kappa shape index (κ2) is 34.6. The highest BCUT2D eigenvalue weighted by atomic mass is 16.8. The number of esters is 13. The maximum atomic E-state index is 15.3. The van der Waals surface area contributed by atoms with Gasteiger partial charge in [-0.25, -0.2) is 9.59 Å². The Kier molecular flexibility index (Phi) is 28.1. The predicted molar refractivity (Wildman–Crippen MR) is 296 cm³/mol. The molecule has 5 heterocycles. The summed E-state index contributed by atoms with van der Waals surface area (Å²) in [4.78, 5) is 196. The quantitative estimate of drug-likeness (QED) is 0.0530. The maximum absolute atomic E-state index is 15.3. The van der Waals surface area contributed by atoms with Crippen LogP contribution in [-0.2, 0) is 167 Å². The lowest BCUT2D eigenvalue weighted by atomic mass is 9.86. The topological polar surface area (TPSA) is 474 Å². The van der Waals surface area contributed by atoms with Gasteiger partial charge in [0.25, 0.3) is 5.79 Å². The van der Waals surface area contributed by atoms with E-state index in [1.165, 1.54) is 0 Å². The average Bonchev–Trinajstić information content (AvgIpc) is 0.729. The monoisotopic (exact) mass is 1360 g/mol. The molecule has 5 saturated heterocycles. The molecule has 5 aliphatic heterocycles. The van der Waals surface area contributed by atoms with Crippen molar-refractivity contribution in [1.82, 2.24) is 10.6 Å². The number of alkyl carbamates (subject to hydrolysis) is 1. The van der Waals surface area contributed by atoms with E-state index in [0.717, 1.165) is 96.1 Å². The summed E-state index contributed by atoms with van der Waals surface area (Å²) in [6, 6.07) is -3.76. The molecule has 0 aromatic carbocycles. The molecule has 0 radical (unpaired) electrons. The van der Waals surface area contributed by atoms with Crippen LogP contribution in [-0.4, -0.2) is 251 Å². The first-order valence-corrected chi connectivity index (χ1v) is 29.1. The van der Waals surface area contributed by atoms with E-state index in [1.54, 1.807) is 0 Å². The molecule has 1 spiro atoms. The molecule has 530 valence electrons. The summed E-state index contributed by atoms with van der Waals surface area (Å²) >= 11 is 0. The van der Waals surface area contributed by atoms with Gasteiger partial charge >= 0.3 is 83.7 Å².